The number of nitrogens with zero attached hydrogens (tertiary/aromatic N) is 3. The minimum atomic E-state index is -5.00. The number of amides is 1. The van der Waals surface area contributed by atoms with Crippen molar-refractivity contribution in [1.29, 1.82) is 0 Å². The second-order valence-corrected chi connectivity index (χ2v) is 12.0. The van der Waals surface area contributed by atoms with E-state index in [1.165, 1.54) is 6.07 Å². The number of aromatic nitrogens is 3. The highest BCUT2D eigenvalue weighted by molar-refractivity contribution is 9.09. The summed E-state index contributed by atoms with van der Waals surface area (Å²) in [7, 11) is -9.93. The summed E-state index contributed by atoms with van der Waals surface area (Å²) < 4.78 is 34.6. The fourth-order valence-corrected chi connectivity index (χ4v) is 5.34. The lowest BCUT2D eigenvalue weighted by Gasteiger charge is -2.17. The maximum Gasteiger partial charge on any atom is 0.524 e. The molecule has 0 bridgehead atoms. The third kappa shape index (κ3) is 7.83. The van der Waals surface area contributed by atoms with Gasteiger partial charge < -0.3 is 24.7 Å². The van der Waals surface area contributed by atoms with Crippen molar-refractivity contribution in [2.24, 2.45) is 0 Å². The number of nitrogens with two attached hydrogens (primary N) is 1. The van der Waals surface area contributed by atoms with Crippen LogP contribution in [0.4, 0.5) is 5.82 Å². The summed E-state index contributed by atoms with van der Waals surface area (Å²) >= 11 is 3.12. The number of aryl methyl sites for hydroxylation is 1. The number of carbonyl (C=O) groups is 1. The molecule has 0 fully saturated rings. The van der Waals surface area contributed by atoms with Crippen LogP contribution in [0.1, 0.15) is 36.7 Å². The third-order valence-electron chi connectivity index (χ3n) is 6.01. The molecule has 14 nitrogen and oxygen atoms in total. The second kappa shape index (κ2) is 12.5. The van der Waals surface area contributed by atoms with Crippen LogP contribution in [-0.4, -0.2) is 45.3 Å². The van der Waals surface area contributed by atoms with Crippen molar-refractivity contribution in [3.8, 4) is 11.5 Å². The van der Waals surface area contributed by atoms with Crippen molar-refractivity contribution < 1.29 is 42.5 Å². The average Bonchev–Trinajstić information content (AvgIpc) is 3.25. The first kappa shape index (κ1) is 30.9. The molecule has 1 amide bonds. The Bertz CT molecular complexity index is 1700. The molecular weight excluding hydrogens is 644 g/mol. The predicted molar refractivity (Wildman–Crippen MR) is 155 cm³/mol. The van der Waals surface area contributed by atoms with Crippen LogP contribution in [0, 0.1) is 0 Å². The minimum Gasteiger partial charge on any atom is -0.404 e. The normalized spacial score (nSPS) is 12.1. The summed E-state index contributed by atoms with van der Waals surface area (Å²) in [5, 5.41) is 3.61. The van der Waals surface area contributed by atoms with Gasteiger partial charge in [0.15, 0.2) is 5.82 Å². The van der Waals surface area contributed by atoms with E-state index in [2.05, 4.69) is 26.2 Å². The van der Waals surface area contributed by atoms with Crippen LogP contribution < -0.4 is 20.1 Å². The average molecular weight is 672 g/mol. The molecule has 2 heterocycles. The van der Waals surface area contributed by atoms with E-state index in [9.17, 15) is 33.5 Å². The number of fused-ring (bicyclic) bond motifs is 3. The van der Waals surface area contributed by atoms with Crippen LogP contribution in [0.5, 0.6) is 11.5 Å². The van der Waals surface area contributed by atoms with E-state index >= 15 is 0 Å². The zero-order chi connectivity index (χ0) is 29.9. The summed E-state index contributed by atoms with van der Waals surface area (Å²) in [6, 6.07) is 8.93. The zero-order valence-electron chi connectivity index (χ0n) is 21.7. The molecule has 0 atom stereocenters. The lowest BCUT2D eigenvalue weighted by molar-refractivity contribution is -0.118. The first-order valence-electron chi connectivity index (χ1n) is 12.3. The second-order valence-electron chi connectivity index (χ2n) is 9.11. The number of phosphoric ester groups is 2. The summed E-state index contributed by atoms with van der Waals surface area (Å²) in [5.74, 6) is 0.137. The number of benzene rings is 2. The van der Waals surface area contributed by atoms with Crippen LogP contribution in [0.25, 0.3) is 21.9 Å². The first-order valence-corrected chi connectivity index (χ1v) is 16.5. The number of nitrogen functional groups attached to an aromatic ring is 1. The Morgan fingerprint density at radius 2 is 1.80 bits per heavy atom. The molecule has 220 valence electrons. The molecule has 0 aliphatic heterocycles. The van der Waals surface area contributed by atoms with Gasteiger partial charge in [-0.1, -0.05) is 35.3 Å². The van der Waals surface area contributed by atoms with E-state index in [1.807, 2.05) is 19.1 Å². The number of alkyl halides is 1. The number of pyridine rings is 1. The number of hydrogen-bond donors (Lipinski definition) is 6. The number of halogens is 1. The molecule has 4 rings (SSSR count). The highest BCUT2D eigenvalue weighted by Crippen LogP contribution is 2.43. The molecule has 2 aromatic heterocycles. The van der Waals surface area contributed by atoms with Crippen LogP contribution in [0.2, 0.25) is 0 Å². The van der Waals surface area contributed by atoms with Gasteiger partial charge in [-0.3, -0.25) is 24.4 Å². The minimum absolute atomic E-state index is 0.0770. The molecular formula is C24H28BrN5O9P2. The van der Waals surface area contributed by atoms with Gasteiger partial charge in [0.05, 0.1) is 22.9 Å². The molecule has 4 aromatic rings. The van der Waals surface area contributed by atoms with Gasteiger partial charge in [0.1, 0.15) is 22.8 Å². The fraction of sp³-hybridized carbons (Fsp3) is 0.292. The molecule has 7 N–H and O–H groups in total. The Kier molecular flexibility index (Phi) is 9.39. The molecule has 0 saturated carbocycles. The van der Waals surface area contributed by atoms with E-state index in [0.717, 1.165) is 30.5 Å². The largest absolute Gasteiger partial charge is 0.524 e. The van der Waals surface area contributed by atoms with E-state index in [1.54, 1.807) is 10.6 Å². The zero-order valence-corrected chi connectivity index (χ0v) is 25.1. The number of rotatable bonds is 12. The number of phosphoric acid groups is 2. The predicted octanol–water partition coefficient (Wildman–Crippen LogP) is 3.51. The van der Waals surface area contributed by atoms with Crippen molar-refractivity contribution >= 4 is 65.2 Å². The molecule has 0 radical (unpaired) electrons. The first-order chi connectivity index (χ1) is 19.3. The van der Waals surface area contributed by atoms with Crippen molar-refractivity contribution in [2.75, 3.05) is 11.1 Å². The quantitative estimate of drug-likeness (QED) is 0.0941. The molecule has 0 spiro atoms. The molecule has 41 heavy (non-hydrogen) atoms. The van der Waals surface area contributed by atoms with E-state index < -0.39 is 15.6 Å². The van der Waals surface area contributed by atoms with Crippen LogP contribution in [0.3, 0.4) is 0 Å². The van der Waals surface area contributed by atoms with Gasteiger partial charge in [-0.15, -0.1) is 0 Å². The standard InChI is InChI=1S/C24H28BrN5O9P2/c1-2-3-4-20-29-22-23(17-9-14(12-27-21(31)11-25)5-7-18(17)28-24(22)26)30(20)13-15-10-16(38-40(32,33)34)6-8-19(15)39-41(35,36)37/h5-10H,2-4,11-13H2,1H3,(H2,26,28)(H,27,31)(H2,32,33,34)(H2,35,36,37). The number of nitrogens with one attached hydrogen (secondary N) is 1. The Hall–Kier alpha value is -3.03. The topological polar surface area (TPSA) is 219 Å². The number of unbranched alkanes of at least 4 members (excludes halogenated alkanes) is 1. The summed E-state index contributed by atoms with van der Waals surface area (Å²) in [6.45, 7) is 2.19. The van der Waals surface area contributed by atoms with Gasteiger partial charge in [0.25, 0.3) is 0 Å². The summed E-state index contributed by atoms with van der Waals surface area (Å²) in [6.07, 6.45) is 2.15. The van der Waals surface area contributed by atoms with E-state index in [0.29, 0.717) is 34.2 Å². The monoisotopic (exact) mass is 671 g/mol. The molecule has 17 heteroatoms. The van der Waals surface area contributed by atoms with Gasteiger partial charge in [-0.2, -0.15) is 0 Å². The van der Waals surface area contributed by atoms with Gasteiger partial charge in [0.2, 0.25) is 5.91 Å². The van der Waals surface area contributed by atoms with Crippen LogP contribution in [-0.2, 0) is 33.4 Å². The van der Waals surface area contributed by atoms with E-state index in [4.69, 9.17) is 19.8 Å². The van der Waals surface area contributed by atoms with Gasteiger partial charge in [-0.25, -0.2) is 19.1 Å². The lowest BCUT2D eigenvalue weighted by Crippen LogP contribution is -2.23. The number of hydrogen-bond acceptors (Lipinski definition) is 8. The SMILES string of the molecule is CCCCc1nc2c(N)nc3ccc(CNC(=O)CBr)cc3c2n1Cc1cc(OP(=O)(O)O)ccc1OP(=O)(O)O. The molecule has 0 aliphatic carbocycles. The molecule has 0 unspecified atom stereocenters. The van der Waals surface area contributed by atoms with Crippen molar-refractivity contribution in [2.45, 2.75) is 39.3 Å². The maximum absolute atomic E-state index is 11.8. The van der Waals surface area contributed by atoms with Crippen molar-refractivity contribution in [1.82, 2.24) is 19.9 Å². The summed E-state index contributed by atoms with van der Waals surface area (Å²) in [5.41, 5.74) is 8.78. The highest BCUT2D eigenvalue weighted by atomic mass is 79.9. The number of imidazole rings is 1. The molecule has 0 aliphatic rings. The highest BCUT2D eigenvalue weighted by Gasteiger charge is 2.24. The van der Waals surface area contributed by atoms with Crippen LogP contribution in [0.15, 0.2) is 36.4 Å². The van der Waals surface area contributed by atoms with Crippen molar-refractivity contribution in [3.63, 3.8) is 0 Å². The molecule has 2 aromatic carbocycles. The van der Waals surface area contributed by atoms with Crippen molar-refractivity contribution in [3.05, 3.63) is 53.3 Å². The Balaban J connectivity index is 1.93. The Labute approximate surface area is 242 Å². The third-order valence-corrected chi connectivity index (χ3v) is 7.41. The molecule has 0 saturated heterocycles. The van der Waals surface area contributed by atoms with E-state index in [-0.39, 0.29) is 47.2 Å². The Morgan fingerprint density at radius 1 is 1.07 bits per heavy atom. The van der Waals surface area contributed by atoms with Gasteiger partial charge >= 0.3 is 15.6 Å². The van der Waals surface area contributed by atoms with Gasteiger partial charge in [0, 0.05) is 23.9 Å². The van der Waals surface area contributed by atoms with Crippen LogP contribution >= 0.6 is 31.6 Å². The van der Waals surface area contributed by atoms with Gasteiger partial charge in [-0.05, 0) is 42.3 Å². The summed E-state index contributed by atoms with van der Waals surface area (Å²) in [4.78, 5) is 58.6. The fourth-order valence-electron chi connectivity index (χ4n) is 4.32. The number of carbonyl (C=O) groups excluding carboxylic acids is 1. The maximum atomic E-state index is 11.8. The lowest BCUT2D eigenvalue weighted by atomic mass is 10.1. The smallest absolute Gasteiger partial charge is 0.404 e. The number of anilines is 1. The Morgan fingerprint density at radius 3 is 2.46 bits per heavy atom.